The molecule has 2 aromatic heterocycles. The molecule has 0 fully saturated rings. The molecular weight excluding hydrogens is 320 g/mol. The van der Waals surface area contributed by atoms with Gasteiger partial charge in [-0.3, -0.25) is 4.79 Å². The van der Waals surface area contributed by atoms with Crippen LogP contribution in [0, 0.1) is 0 Å². The third-order valence-corrected chi connectivity index (χ3v) is 4.72. The second-order valence-electron chi connectivity index (χ2n) is 5.25. The van der Waals surface area contributed by atoms with Crippen LogP contribution in [0.2, 0.25) is 0 Å². The molecule has 4 rings (SSSR count). The fraction of sp³-hybridized carbons (Fsp3) is 0.0556. The summed E-state index contributed by atoms with van der Waals surface area (Å²) in [5, 5.41) is 10.0. The van der Waals surface area contributed by atoms with Gasteiger partial charge in [-0.25, -0.2) is 9.67 Å². The van der Waals surface area contributed by atoms with Gasteiger partial charge in [0, 0.05) is 15.5 Å². The van der Waals surface area contributed by atoms with Gasteiger partial charge in [0.25, 0.3) is 5.91 Å². The lowest BCUT2D eigenvalue weighted by atomic mass is 10.1. The SMILES string of the molecule is O=C(NCc1ncnn1-c1ccccc1)c1csc2ccccc12. The summed E-state index contributed by atoms with van der Waals surface area (Å²) in [5.41, 5.74) is 1.61. The first-order valence-corrected chi connectivity index (χ1v) is 8.39. The number of amides is 1. The number of benzene rings is 2. The lowest BCUT2D eigenvalue weighted by molar-refractivity contribution is 0.0951. The van der Waals surface area contributed by atoms with Gasteiger partial charge < -0.3 is 5.32 Å². The molecule has 0 aliphatic carbocycles. The fourth-order valence-corrected chi connectivity index (χ4v) is 3.52. The van der Waals surface area contributed by atoms with Crippen LogP contribution in [0.3, 0.4) is 0 Å². The Hall–Kier alpha value is -2.99. The summed E-state index contributed by atoms with van der Waals surface area (Å²) in [4.78, 5) is 16.7. The molecule has 0 bridgehead atoms. The van der Waals surface area contributed by atoms with Gasteiger partial charge in [-0.05, 0) is 18.2 Å². The average Bonchev–Trinajstić information content (AvgIpc) is 3.27. The van der Waals surface area contributed by atoms with Gasteiger partial charge in [0.05, 0.1) is 17.8 Å². The molecule has 6 heteroatoms. The second kappa shape index (κ2) is 6.25. The molecule has 2 aromatic carbocycles. The molecule has 1 amide bonds. The summed E-state index contributed by atoms with van der Waals surface area (Å²) < 4.78 is 2.83. The highest BCUT2D eigenvalue weighted by Crippen LogP contribution is 2.25. The maximum absolute atomic E-state index is 12.5. The smallest absolute Gasteiger partial charge is 0.253 e. The van der Waals surface area contributed by atoms with Gasteiger partial charge in [0.2, 0.25) is 0 Å². The summed E-state index contributed by atoms with van der Waals surface area (Å²) in [6, 6.07) is 17.6. The molecule has 0 aliphatic heterocycles. The number of nitrogens with zero attached hydrogens (tertiary/aromatic N) is 3. The number of thiophene rings is 1. The van der Waals surface area contributed by atoms with E-state index >= 15 is 0 Å². The van der Waals surface area contributed by atoms with E-state index in [0.717, 1.165) is 15.8 Å². The average molecular weight is 334 g/mol. The number of carbonyl (C=O) groups excluding carboxylic acids is 1. The summed E-state index contributed by atoms with van der Waals surface area (Å²) in [6.45, 7) is 0.317. The van der Waals surface area contributed by atoms with Gasteiger partial charge >= 0.3 is 0 Å². The predicted molar refractivity (Wildman–Crippen MR) is 94.4 cm³/mol. The van der Waals surface area contributed by atoms with Crippen LogP contribution in [-0.4, -0.2) is 20.7 Å². The van der Waals surface area contributed by atoms with Crippen molar-refractivity contribution in [2.75, 3.05) is 0 Å². The highest BCUT2D eigenvalue weighted by molar-refractivity contribution is 7.17. The summed E-state index contributed by atoms with van der Waals surface area (Å²) in [7, 11) is 0. The number of hydrogen-bond acceptors (Lipinski definition) is 4. The Balaban J connectivity index is 1.54. The Morgan fingerprint density at radius 2 is 1.88 bits per heavy atom. The van der Waals surface area contributed by atoms with E-state index in [1.165, 1.54) is 6.33 Å². The molecule has 0 unspecified atom stereocenters. The van der Waals surface area contributed by atoms with Crippen molar-refractivity contribution >= 4 is 27.3 Å². The number of carbonyl (C=O) groups is 1. The van der Waals surface area contributed by atoms with Gasteiger partial charge in [-0.1, -0.05) is 36.4 Å². The van der Waals surface area contributed by atoms with Crippen molar-refractivity contribution in [3.63, 3.8) is 0 Å². The van der Waals surface area contributed by atoms with Crippen molar-refractivity contribution in [2.24, 2.45) is 0 Å². The molecule has 24 heavy (non-hydrogen) atoms. The number of aromatic nitrogens is 3. The van der Waals surface area contributed by atoms with Crippen molar-refractivity contribution < 1.29 is 4.79 Å². The van der Waals surface area contributed by atoms with Crippen molar-refractivity contribution in [2.45, 2.75) is 6.54 Å². The van der Waals surface area contributed by atoms with E-state index in [-0.39, 0.29) is 5.91 Å². The quantitative estimate of drug-likeness (QED) is 0.622. The van der Waals surface area contributed by atoms with Crippen molar-refractivity contribution in [1.29, 1.82) is 0 Å². The molecule has 118 valence electrons. The third kappa shape index (κ3) is 2.68. The summed E-state index contributed by atoms with van der Waals surface area (Å²) >= 11 is 1.57. The Bertz CT molecular complexity index is 990. The van der Waals surface area contributed by atoms with Crippen molar-refractivity contribution in [3.05, 3.63) is 77.7 Å². The molecule has 0 spiro atoms. The molecule has 0 aliphatic rings. The highest BCUT2D eigenvalue weighted by atomic mass is 32.1. The summed E-state index contributed by atoms with van der Waals surface area (Å²) in [5.74, 6) is 0.587. The number of para-hydroxylation sites is 1. The van der Waals surface area contributed by atoms with Crippen LogP contribution in [0.1, 0.15) is 16.2 Å². The zero-order valence-corrected chi connectivity index (χ0v) is 13.5. The van der Waals surface area contributed by atoms with Gasteiger partial charge in [-0.15, -0.1) is 11.3 Å². The Morgan fingerprint density at radius 1 is 1.08 bits per heavy atom. The minimum atomic E-state index is -0.102. The van der Waals surface area contributed by atoms with Crippen LogP contribution in [0.4, 0.5) is 0 Å². The molecule has 4 aromatic rings. The maximum Gasteiger partial charge on any atom is 0.253 e. The van der Waals surface area contributed by atoms with Gasteiger partial charge in [0.1, 0.15) is 6.33 Å². The van der Waals surface area contributed by atoms with Crippen LogP contribution < -0.4 is 5.32 Å². The number of hydrogen-bond donors (Lipinski definition) is 1. The largest absolute Gasteiger partial charge is 0.345 e. The lowest BCUT2D eigenvalue weighted by Gasteiger charge is -2.07. The normalized spacial score (nSPS) is 10.8. The van der Waals surface area contributed by atoms with Crippen molar-refractivity contribution in [1.82, 2.24) is 20.1 Å². The van der Waals surface area contributed by atoms with E-state index in [0.29, 0.717) is 17.9 Å². The second-order valence-corrected chi connectivity index (χ2v) is 6.16. The standard InChI is InChI=1S/C18H14N4OS/c23-18(15-11-24-16-9-5-4-8-14(15)16)19-10-17-20-12-21-22(17)13-6-2-1-3-7-13/h1-9,11-12H,10H2,(H,19,23). The minimum absolute atomic E-state index is 0.102. The molecule has 0 saturated carbocycles. The van der Waals surface area contributed by atoms with Crippen LogP contribution in [-0.2, 0) is 6.54 Å². The first-order chi connectivity index (χ1) is 11.8. The van der Waals surface area contributed by atoms with Crippen LogP contribution in [0.15, 0.2) is 66.3 Å². The minimum Gasteiger partial charge on any atom is -0.345 e. The Morgan fingerprint density at radius 3 is 2.75 bits per heavy atom. The monoisotopic (exact) mass is 334 g/mol. The molecule has 0 saturated heterocycles. The van der Waals surface area contributed by atoms with E-state index in [9.17, 15) is 4.79 Å². The molecule has 0 atom stereocenters. The molecule has 0 radical (unpaired) electrons. The number of fused-ring (bicyclic) bond motifs is 1. The van der Waals surface area contributed by atoms with Gasteiger partial charge in [-0.2, -0.15) is 5.10 Å². The fourth-order valence-electron chi connectivity index (χ4n) is 2.58. The Labute approximate surface area is 142 Å². The zero-order chi connectivity index (χ0) is 16.4. The van der Waals surface area contributed by atoms with E-state index in [4.69, 9.17) is 0 Å². The number of nitrogens with one attached hydrogen (secondary N) is 1. The first-order valence-electron chi connectivity index (χ1n) is 7.51. The Kier molecular flexibility index (Phi) is 3.80. The zero-order valence-electron chi connectivity index (χ0n) is 12.7. The van der Waals surface area contributed by atoms with Crippen LogP contribution in [0.25, 0.3) is 15.8 Å². The molecule has 2 heterocycles. The third-order valence-electron chi connectivity index (χ3n) is 3.75. The highest BCUT2D eigenvalue weighted by Gasteiger charge is 2.13. The predicted octanol–water partition coefficient (Wildman–Crippen LogP) is 3.41. The van der Waals surface area contributed by atoms with E-state index in [2.05, 4.69) is 15.4 Å². The van der Waals surface area contributed by atoms with E-state index in [1.807, 2.05) is 60.0 Å². The van der Waals surface area contributed by atoms with Crippen LogP contribution in [0.5, 0.6) is 0 Å². The summed E-state index contributed by atoms with van der Waals surface area (Å²) in [6.07, 6.45) is 1.49. The molecular formula is C18H14N4OS. The van der Waals surface area contributed by atoms with Crippen molar-refractivity contribution in [3.8, 4) is 5.69 Å². The van der Waals surface area contributed by atoms with Gasteiger partial charge in [0.15, 0.2) is 5.82 Å². The van der Waals surface area contributed by atoms with E-state index < -0.39 is 0 Å². The molecule has 1 N–H and O–H groups in total. The first kappa shape index (κ1) is 14.6. The topological polar surface area (TPSA) is 59.8 Å². The number of rotatable bonds is 4. The lowest BCUT2D eigenvalue weighted by Crippen LogP contribution is -2.24. The van der Waals surface area contributed by atoms with E-state index in [1.54, 1.807) is 16.0 Å². The maximum atomic E-state index is 12.5. The van der Waals surface area contributed by atoms with Crippen LogP contribution >= 0.6 is 11.3 Å². The molecule has 5 nitrogen and oxygen atoms in total.